The molecule has 6 nitrogen and oxygen atoms in total. The monoisotopic (exact) mass is 295 g/mol. The number of carboxylic acid groups (broad SMARTS) is 2. The minimum atomic E-state index is -1.03. The zero-order valence-electron chi connectivity index (χ0n) is 12.2. The Labute approximate surface area is 123 Å². The van der Waals surface area contributed by atoms with Crippen LogP contribution in [0.1, 0.15) is 25.8 Å². The lowest BCUT2D eigenvalue weighted by Gasteiger charge is -2.16. The van der Waals surface area contributed by atoms with Gasteiger partial charge in [-0.25, -0.2) is 4.79 Å². The van der Waals surface area contributed by atoms with Crippen molar-refractivity contribution < 1.29 is 24.5 Å². The van der Waals surface area contributed by atoms with Crippen molar-refractivity contribution in [2.45, 2.75) is 32.9 Å². The molecule has 0 heterocycles. The standard InChI is InChI=1S/C15H21NO5/c1-10(2)7-13(15(19)20)16-8-11-3-5-12(6-4-11)21-9-14(17)18/h3-6,10,13,16H,7-9H2,1-2H3,(H,17,18)(H,19,20)/t13-/m0/s1. The molecule has 0 aliphatic heterocycles. The number of rotatable bonds is 9. The highest BCUT2D eigenvalue weighted by Crippen LogP contribution is 2.13. The Morgan fingerprint density at radius 1 is 1.19 bits per heavy atom. The van der Waals surface area contributed by atoms with Crippen LogP contribution in [-0.2, 0) is 16.1 Å². The molecule has 1 rings (SSSR count). The fraction of sp³-hybridized carbons (Fsp3) is 0.467. The summed E-state index contributed by atoms with van der Waals surface area (Å²) in [5.74, 6) is -1.12. The van der Waals surface area contributed by atoms with E-state index in [1.807, 2.05) is 13.8 Å². The molecule has 0 unspecified atom stereocenters. The van der Waals surface area contributed by atoms with Crippen LogP contribution in [0, 0.1) is 5.92 Å². The number of benzene rings is 1. The number of aliphatic carboxylic acids is 2. The summed E-state index contributed by atoms with van der Waals surface area (Å²) in [7, 11) is 0. The SMILES string of the molecule is CC(C)C[C@H](NCc1ccc(OCC(=O)O)cc1)C(=O)O. The van der Waals surface area contributed by atoms with E-state index in [1.165, 1.54) is 0 Å². The van der Waals surface area contributed by atoms with Crippen LogP contribution in [0.2, 0.25) is 0 Å². The maximum Gasteiger partial charge on any atom is 0.341 e. The maximum absolute atomic E-state index is 11.1. The Balaban J connectivity index is 2.50. The molecular weight excluding hydrogens is 274 g/mol. The lowest BCUT2D eigenvalue weighted by Crippen LogP contribution is -2.37. The van der Waals surface area contributed by atoms with E-state index in [0.29, 0.717) is 24.6 Å². The Bertz CT molecular complexity index is 469. The second-order valence-corrected chi connectivity index (χ2v) is 5.23. The number of ether oxygens (including phenoxy) is 1. The van der Waals surface area contributed by atoms with Gasteiger partial charge < -0.3 is 20.3 Å². The third-order valence-electron chi connectivity index (χ3n) is 2.84. The summed E-state index contributed by atoms with van der Waals surface area (Å²) in [6.07, 6.45) is 0.565. The highest BCUT2D eigenvalue weighted by atomic mass is 16.5. The molecule has 0 spiro atoms. The van der Waals surface area contributed by atoms with Gasteiger partial charge in [-0.2, -0.15) is 0 Å². The van der Waals surface area contributed by atoms with Crippen molar-refractivity contribution in [1.29, 1.82) is 0 Å². The molecule has 21 heavy (non-hydrogen) atoms. The first-order valence-corrected chi connectivity index (χ1v) is 6.78. The van der Waals surface area contributed by atoms with Crippen LogP contribution < -0.4 is 10.1 Å². The molecule has 0 amide bonds. The molecule has 0 fully saturated rings. The molecule has 0 aliphatic carbocycles. The predicted molar refractivity (Wildman–Crippen MR) is 77.3 cm³/mol. The first-order valence-electron chi connectivity index (χ1n) is 6.78. The van der Waals surface area contributed by atoms with Gasteiger partial charge in [-0.3, -0.25) is 4.79 Å². The van der Waals surface area contributed by atoms with Crippen molar-refractivity contribution in [2.24, 2.45) is 5.92 Å². The van der Waals surface area contributed by atoms with E-state index in [2.05, 4.69) is 5.32 Å². The van der Waals surface area contributed by atoms with Gasteiger partial charge in [0.2, 0.25) is 0 Å². The van der Waals surface area contributed by atoms with Gasteiger partial charge >= 0.3 is 11.9 Å². The van der Waals surface area contributed by atoms with Gasteiger partial charge in [0.1, 0.15) is 11.8 Å². The van der Waals surface area contributed by atoms with Gasteiger partial charge in [0.05, 0.1) is 0 Å². The fourth-order valence-corrected chi connectivity index (χ4v) is 1.83. The third-order valence-corrected chi connectivity index (χ3v) is 2.84. The van der Waals surface area contributed by atoms with Crippen LogP contribution >= 0.6 is 0 Å². The first-order chi connectivity index (χ1) is 9.88. The van der Waals surface area contributed by atoms with E-state index in [-0.39, 0.29) is 6.61 Å². The molecule has 1 aromatic rings. The van der Waals surface area contributed by atoms with E-state index in [4.69, 9.17) is 14.9 Å². The van der Waals surface area contributed by atoms with Crippen LogP contribution in [0.15, 0.2) is 24.3 Å². The molecule has 0 aromatic heterocycles. The van der Waals surface area contributed by atoms with E-state index in [1.54, 1.807) is 24.3 Å². The van der Waals surface area contributed by atoms with Crippen LogP contribution in [0.5, 0.6) is 5.75 Å². The van der Waals surface area contributed by atoms with Crippen LogP contribution in [0.4, 0.5) is 0 Å². The highest BCUT2D eigenvalue weighted by molar-refractivity contribution is 5.73. The quantitative estimate of drug-likeness (QED) is 0.642. The van der Waals surface area contributed by atoms with Crippen molar-refractivity contribution >= 4 is 11.9 Å². The van der Waals surface area contributed by atoms with Gasteiger partial charge in [-0.05, 0) is 30.0 Å². The lowest BCUT2D eigenvalue weighted by atomic mass is 10.0. The van der Waals surface area contributed by atoms with Gasteiger partial charge in [-0.1, -0.05) is 26.0 Å². The van der Waals surface area contributed by atoms with Crippen LogP contribution in [-0.4, -0.2) is 34.8 Å². The van der Waals surface area contributed by atoms with Gasteiger partial charge in [-0.15, -0.1) is 0 Å². The summed E-state index contributed by atoms with van der Waals surface area (Å²) in [6.45, 7) is 4.01. The molecule has 116 valence electrons. The molecule has 0 aliphatic rings. The van der Waals surface area contributed by atoms with E-state index in [9.17, 15) is 9.59 Å². The molecule has 0 bridgehead atoms. The van der Waals surface area contributed by atoms with Gasteiger partial charge in [0.25, 0.3) is 0 Å². The molecule has 0 saturated carbocycles. The molecule has 1 atom stereocenters. The number of hydrogen-bond donors (Lipinski definition) is 3. The summed E-state index contributed by atoms with van der Waals surface area (Å²) in [4.78, 5) is 21.5. The molecule has 0 saturated heterocycles. The smallest absolute Gasteiger partial charge is 0.341 e. The van der Waals surface area contributed by atoms with Crippen molar-refractivity contribution in [3.8, 4) is 5.75 Å². The summed E-state index contributed by atoms with van der Waals surface area (Å²) in [5.41, 5.74) is 0.910. The maximum atomic E-state index is 11.1. The summed E-state index contributed by atoms with van der Waals surface area (Å²) in [6, 6.07) is 6.31. The van der Waals surface area contributed by atoms with E-state index < -0.39 is 18.0 Å². The summed E-state index contributed by atoms with van der Waals surface area (Å²) >= 11 is 0. The number of nitrogens with one attached hydrogen (secondary N) is 1. The Hall–Kier alpha value is -2.08. The molecule has 3 N–H and O–H groups in total. The second-order valence-electron chi connectivity index (χ2n) is 5.23. The fourth-order valence-electron chi connectivity index (χ4n) is 1.83. The largest absolute Gasteiger partial charge is 0.482 e. The lowest BCUT2D eigenvalue weighted by molar-refractivity contribution is -0.140. The molecule has 1 aromatic carbocycles. The zero-order chi connectivity index (χ0) is 15.8. The minimum absolute atomic E-state index is 0.297. The van der Waals surface area contributed by atoms with Crippen molar-refractivity contribution in [1.82, 2.24) is 5.32 Å². The summed E-state index contributed by atoms with van der Waals surface area (Å²) in [5, 5.41) is 20.6. The molecule has 6 heteroatoms. The van der Waals surface area contributed by atoms with Crippen LogP contribution in [0.25, 0.3) is 0 Å². The van der Waals surface area contributed by atoms with Crippen molar-refractivity contribution in [3.05, 3.63) is 29.8 Å². The first kappa shape index (κ1) is 17.0. The van der Waals surface area contributed by atoms with Crippen molar-refractivity contribution in [2.75, 3.05) is 6.61 Å². The van der Waals surface area contributed by atoms with Gasteiger partial charge in [0.15, 0.2) is 6.61 Å². The number of carboxylic acids is 2. The van der Waals surface area contributed by atoms with Crippen molar-refractivity contribution in [3.63, 3.8) is 0 Å². The minimum Gasteiger partial charge on any atom is -0.482 e. The van der Waals surface area contributed by atoms with E-state index >= 15 is 0 Å². The normalized spacial score (nSPS) is 12.1. The average molecular weight is 295 g/mol. The Morgan fingerprint density at radius 3 is 2.29 bits per heavy atom. The highest BCUT2D eigenvalue weighted by Gasteiger charge is 2.17. The Morgan fingerprint density at radius 2 is 1.81 bits per heavy atom. The number of hydrogen-bond acceptors (Lipinski definition) is 4. The number of carbonyl (C=O) groups is 2. The Kier molecular flexibility index (Phi) is 6.68. The van der Waals surface area contributed by atoms with Gasteiger partial charge in [0, 0.05) is 6.54 Å². The topological polar surface area (TPSA) is 95.9 Å². The second kappa shape index (κ2) is 8.26. The molecule has 0 radical (unpaired) electrons. The zero-order valence-corrected chi connectivity index (χ0v) is 12.2. The average Bonchev–Trinajstić information content (AvgIpc) is 2.41. The predicted octanol–water partition coefficient (Wildman–Crippen LogP) is 1.74. The summed E-state index contributed by atoms with van der Waals surface area (Å²) < 4.78 is 5.02. The third kappa shape index (κ3) is 6.76. The van der Waals surface area contributed by atoms with E-state index in [0.717, 1.165) is 5.56 Å². The van der Waals surface area contributed by atoms with Crippen LogP contribution in [0.3, 0.4) is 0 Å². The molecular formula is C15H21NO5.